The molecule has 3 heteroatoms. The molecule has 3 heterocycles. The van der Waals surface area contributed by atoms with Crippen LogP contribution in [0.1, 0.15) is 36.1 Å². The predicted octanol–water partition coefficient (Wildman–Crippen LogP) is 11.6. The van der Waals surface area contributed by atoms with Crippen LogP contribution in [0.3, 0.4) is 0 Å². The first kappa shape index (κ1) is 26.5. The number of aromatic amines is 1. The number of nitrogens with one attached hydrogen (secondary N) is 1. The summed E-state index contributed by atoms with van der Waals surface area (Å²) in [5.74, 6) is 0.945. The summed E-state index contributed by atoms with van der Waals surface area (Å²) >= 11 is 0. The van der Waals surface area contributed by atoms with Crippen molar-refractivity contribution in [2.24, 2.45) is 0 Å². The van der Waals surface area contributed by atoms with Crippen LogP contribution in [0.5, 0.6) is 0 Å². The maximum atomic E-state index is 5.38. The van der Waals surface area contributed by atoms with E-state index in [0.717, 1.165) is 11.3 Å². The molecule has 0 atom stereocenters. The van der Waals surface area contributed by atoms with Crippen molar-refractivity contribution in [3.05, 3.63) is 144 Å². The fourth-order valence-electron chi connectivity index (χ4n) is 8.44. The van der Waals surface area contributed by atoms with Crippen LogP contribution >= 0.6 is 0 Å². The van der Waals surface area contributed by atoms with Gasteiger partial charge in [0.05, 0.1) is 16.6 Å². The molecule has 0 spiro atoms. The Labute approximate surface area is 273 Å². The summed E-state index contributed by atoms with van der Waals surface area (Å²) < 4.78 is 2.39. The fourth-order valence-corrected chi connectivity index (χ4v) is 8.44. The largest absolute Gasteiger partial charge is 0.355 e. The summed E-state index contributed by atoms with van der Waals surface area (Å²) in [6, 6.07) is 44.6. The number of aryl methyl sites for hydroxylation is 2. The molecular weight excluding hydrogens is 571 g/mol. The number of H-pyrrole nitrogens is 1. The van der Waals surface area contributed by atoms with E-state index in [-0.39, 0.29) is 5.41 Å². The first-order valence-corrected chi connectivity index (χ1v) is 16.5. The van der Waals surface area contributed by atoms with Gasteiger partial charge in [-0.3, -0.25) is 4.57 Å². The third kappa shape index (κ3) is 3.54. The second-order valence-corrected chi connectivity index (χ2v) is 13.8. The number of hydrogen-bond acceptors (Lipinski definition) is 1. The molecule has 47 heavy (non-hydrogen) atoms. The summed E-state index contributed by atoms with van der Waals surface area (Å²) in [5, 5.41) is 6.27. The molecule has 0 fully saturated rings. The lowest BCUT2D eigenvalue weighted by Crippen LogP contribution is -2.15. The second-order valence-electron chi connectivity index (χ2n) is 13.8. The topological polar surface area (TPSA) is 33.6 Å². The van der Waals surface area contributed by atoms with Crippen LogP contribution in [0.2, 0.25) is 0 Å². The van der Waals surface area contributed by atoms with E-state index in [0.29, 0.717) is 0 Å². The molecule has 0 aliphatic heterocycles. The molecule has 0 bridgehead atoms. The molecule has 1 aliphatic carbocycles. The minimum absolute atomic E-state index is 0.161. The normalized spacial score (nSPS) is 13.7. The minimum Gasteiger partial charge on any atom is -0.355 e. The van der Waals surface area contributed by atoms with Gasteiger partial charge in [-0.05, 0) is 107 Å². The molecule has 0 saturated carbocycles. The maximum Gasteiger partial charge on any atom is 0.138 e. The summed E-state index contributed by atoms with van der Waals surface area (Å²) in [6.45, 7) is 9.14. The average molecular weight is 604 g/mol. The quantitative estimate of drug-likeness (QED) is 0.209. The lowest BCUT2D eigenvalue weighted by molar-refractivity contribution is 0.661. The van der Waals surface area contributed by atoms with Crippen molar-refractivity contribution in [2.45, 2.75) is 33.1 Å². The zero-order valence-corrected chi connectivity index (χ0v) is 26.9. The zero-order chi connectivity index (χ0) is 31.6. The summed E-state index contributed by atoms with van der Waals surface area (Å²) in [4.78, 5) is 9.07. The van der Waals surface area contributed by atoms with Gasteiger partial charge in [0.2, 0.25) is 0 Å². The van der Waals surface area contributed by atoms with Crippen molar-refractivity contribution in [1.82, 2.24) is 14.5 Å². The van der Waals surface area contributed by atoms with Crippen LogP contribution < -0.4 is 0 Å². The Morgan fingerprint density at radius 2 is 1.23 bits per heavy atom. The monoisotopic (exact) mass is 603 g/mol. The van der Waals surface area contributed by atoms with Crippen molar-refractivity contribution < 1.29 is 0 Å². The molecule has 0 unspecified atom stereocenters. The molecule has 0 radical (unpaired) electrons. The van der Waals surface area contributed by atoms with Crippen LogP contribution in [-0.4, -0.2) is 14.5 Å². The molecule has 3 aromatic heterocycles. The van der Waals surface area contributed by atoms with E-state index in [1.807, 2.05) is 0 Å². The Bertz CT molecular complexity index is 2790. The van der Waals surface area contributed by atoms with Crippen molar-refractivity contribution in [3.63, 3.8) is 0 Å². The van der Waals surface area contributed by atoms with Crippen LogP contribution in [0.25, 0.3) is 82.6 Å². The number of fused-ring (bicyclic) bond motifs is 10. The smallest absolute Gasteiger partial charge is 0.138 e. The SMILES string of the molecule is Cc1ccccc1-c1cc(-n2c3ccccc3c3cc4c(cc32)C(C)(C)c2cc3[nH]c5ccccc5c3cc2-4)nc2cccc(C)c12. The van der Waals surface area contributed by atoms with Gasteiger partial charge < -0.3 is 4.98 Å². The minimum atomic E-state index is -0.161. The predicted molar refractivity (Wildman–Crippen MR) is 198 cm³/mol. The highest BCUT2D eigenvalue weighted by Gasteiger charge is 2.37. The molecule has 9 aromatic rings. The number of rotatable bonds is 2. The number of hydrogen-bond donors (Lipinski definition) is 1. The molecular formula is C44H33N3. The molecule has 6 aromatic carbocycles. The Morgan fingerprint density at radius 3 is 2.09 bits per heavy atom. The molecule has 0 amide bonds. The van der Waals surface area contributed by atoms with Crippen molar-refractivity contribution in [1.29, 1.82) is 0 Å². The highest BCUT2D eigenvalue weighted by molar-refractivity contribution is 6.14. The molecule has 0 saturated heterocycles. The molecule has 1 N–H and O–H groups in total. The van der Waals surface area contributed by atoms with Crippen LogP contribution in [-0.2, 0) is 5.41 Å². The Kier molecular flexibility index (Phi) is 5.20. The van der Waals surface area contributed by atoms with Crippen LogP contribution in [0.15, 0.2) is 121 Å². The molecule has 3 nitrogen and oxygen atoms in total. The summed E-state index contributed by atoms with van der Waals surface area (Å²) in [6.07, 6.45) is 0. The Balaban J connectivity index is 1.29. The van der Waals surface area contributed by atoms with Crippen LogP contribution in [0.4, 0.5) is 0 Å². The number of para-hydroxylation sites is 2. The highest BCUT2D eigenvalue weighted by Crippen LogP contribution is 2.52. The van der Waals surface area contributed by atoms with Gasteiger partial charge >= 0.3 is 0 Å². The third-order valence-electron chi connectivity index (χ3n) is 10.8. The van der Waals surface area contributed by atoms with Crippen molar-refractivity contribution in [3.8, 4) is 28.1 Å². The maximum absolute atomic E-state index is 5.38. The number of nitrogens with zero attached hydrogens (tertiary/aromatic N) is 2. The van der Waals surface area contributed by atoms with Gasteiger partial charge in [0.25, 0.3) is 0 Å². The van der Waals surface area contributed by atoms with Gasteiger partial charge in [-0.15, -0.1) is 0 Å². The van der Waals surface area contributed by atoms with Gasteiger partial charge in [0, 0.05) is 43.4 Å². The van der Waals surface area contributed by atoms with Gasteiger partial charge in [0.15, 0.2) is 0 Å². The number of benzene rings is 6. The molecule has 224 valence electrons. The van der Waals surface area contributed by atoms with E-state index in [9.17, 15) is 0 Å². The van der Waals surface area contributed by atoms with Gasteiger partial charge in [-0.1, -0.05) is 86.6 Å². The van der Waals surface area contributed by atoms with E-state index < -0.39 is 0 Å². The van der Waals surface area contributed by atoms with E-state index in [4.69, 9.17) is 4.98 Å². The highest BCUT2D eigenvalue weighted by atomic mass is 15.1. The average Bonchev–Trinajstić information content (AvgIpc) is 3.68. The Hall–Kier alpha value is -5.67. The summed E-state index contributed by atoms with van der Waals surface area (Å²) in [5.41, 5.74) is 16.0. The van der Waals surface area contributed by atoms with E-state index in [1.54, 1.807) is 0 Å². The molecule has 10 rings (SSSR count). The number of aromatic nitrogens is 3. The fraction of sp³-hybridized carbons (Fsp3) is 0.114. The lowest BCUT2D eigenvalue weighted by Gasteiger charge is -2.22. The summed E-state index contributed by atoms with van der Waals surface area (Å²) in [7, 11) is 0. The number of pyridine rings is 1. The third-order valence-corrected chi connectivity index (χ3v) is 10.8. The lowest BCUT2D eigenvalue weighted by atomic mass is 9.82. The zero-order valence-electron chi connectivity index (χ0n) is 26.9. The first-order valence-electron chi connectivity index (χ1n) is 16.5. The van der Waals surface area contributed by atoms with E-state index in [2.05, 4.69) is 159 Å². The van der Waals surface area contributed by atoms with Crippen molar-refractivity contribution in [2.75, 3.05) is 0 Å². The molecule has 1 aliphatic rings. The van der Waals surface area contributed by atoms with E-state index in [1.165, 1.54) is 93.5 Å². The van der Waals surface area contributed by atoms with Gasteiger partial charge in [0.1, 0.15) is 5.82 Å². The van der Waals surface area contributed by atoms with Gasteiger partial charge in [-0.25, -0.2) is 4.98 Å². The van der Waals surface area contributed by atoms with Crippen molar-refractivity contribution >= 4 is 54.5 Å². The van der Waals surface area contributed by atoms with Gasteiger partial charge in [-0.2, -0.15) is 0 Å². The second kappa shape index (κ2) is 9.20. The van der Waals surface area contributed by atoms with Crippen LogP contribution in [0, 0.1) is 13.8 Å². The Morgan fingerprint density at radius 1 is 0.532 bits per heavy atom. The first-order chi connectivity index (χ1) is 22.9. The van der Waals surface area contributed by atoms with E-state index >= 15 is 0 Å². The standard InChI is InChI=1S/C44H33N3/c1-25-12-5-6-14-27(25)34-22-42(46-38-18-11-13-26(2)43(34)38)47-40-19-10-8-16-29(40)33-21-31-30-20-32-28-15-7-9-17-37(28)45-39(32)23-35(30)44(3,4)36(31)24-41(33)47/h5-24,45H,1-4H3.